The first-order valence-electron chi connectivity index (χ1n) is 5.00. The molecule has 4 nitrogen and oxygen atoms in total. The van der Waals surface area contributed by atoms with Crippen LogP contribution in [0.4, 0.5) is 5.69 Å². The molecule has 0 aliphatic carbocycles. The quantitative estimate of drug-likeness (QED) is 0.926. The minimum atomic E-state index is -0.274. The minimum Gasteiger partial charge on any atom is -0.320 e. The third kappa shape index (κ3) is 2.88. The first-order chi connectivity index (χ1) is 8.16. The molecule has 0 fully saturated rings. The number of halogens is 1. The molecule has 1 N–H and O–H groups in total. The molecule has 0 atom stereocenters. The van der Waals surface area contributed by atoms with Gasteiger partial charge in [0.25, 0.3) is 5.91 Å². The molecule has 0 unspecified atom stereocenters. The van der Waals surface area contributed by atoms with Crippen LogP contribution in [0, 0.1) is 6.92 Å². The van der Waals surface area contributed by atoms with Crippen LogP contribution in [0.15, 0.2) is 41.3 Å². The van der Waals surface area contributed by atoms with E-state index in [1.165, 1.54) is 18.6 Å². The second-order valence-corrected chi connectivity index (χ2v) is 4.38. The van der Waals surface area contributed by atoms with Gasteiger partial charge in [0.05, 0.1) is 11.9 Å². The lowest BCUT2D eigenvalue weighted by Crippen LogP contribution is -2.14. The fraction of sp³-hybridized carbons (Fsp3) is 0.0833. The van der Waals surface area contributed by atoms with Gasteiger partial charge in [0.15, 0.2) is 0 Å². The lowest BCUT2D eigenvalue weighted by atomic mass is 10.2. The number of nitrogens with one attached hydrogen (secondary N) is 1. The Labute approximate surface area is 107 Å². The molecule has 2 aromatic rings. The smallest absolute Gasteiger partial charge is 0.275 e. The lowest BCUT2D eigenvalue weighted by molar-refractivity contribution is 0.102. The molecule has 0 aliphatic heterocycles. The van der Waals surface area contributed by atoms with E-state index in [1.54, 1.807) is 0 Å². The Kier molecular flexibility index (Phi) is 3.49. The molecule has 1 aromatic heterocycles. The number of benzene rings is 1. The molecule has 0 aliphatic rings. The Morgan fingerprint density at radius 1 is 1.35 bits per heavy atom. The summed E-state index contributed by atoms with van der Waals surface area (Å²) in [5.74, 6) is -0.274. The summed E-state index contributed by atoms with van der Waals surface area (Å²) in [5.41, 5.74) is 2.09. The topological polar surface area (TPSA) is 54.9 Å². The van der Waals surface area contributed by atoms with Crippen LogP contribution in [0.25, 0.3) is 0 Å². The number of carbonyl (C=O) groups is 1. The van der Waals surface area contributed by atoms with Crippen LogP contribution in [0.1, 0.15) is 16.1 Å². The normalized spacial score (nSPS) is 10.0. The molecule has 1 heterocycles. The van der Waals surface area contributed by atoms with E-state index in [4.69, 9.17) is 0 Å². The van der Waals surface area contributed by atoms with Crippen molar-refractivity contribution in [1.82, 2.24) is 9.97 Å². The largest absolute Gasteiger partial charge is 0.320 e. The average molecular weight is 292 g/mol. The molecular weight excluding hydrogens is 282 g/mol. The second kappa shape index (κ2) is 5.05. The molecule has 2 rings (SSSR count). The Hall–Kier alpha value is -1.75. The van der Waals surface area contributed by atoms with Crippen LogP contribution in [-0.2, 0) is 0 Å². The second-order valence-electron chi connectivity index (χ2n) is 3.53. The fourth-order valence-corrected chi connectivity index (χ4v) is 1.68. The van der Waals surface area contributed by atoms with E-state index in [9.17, 15) is 4.79 Å². The number of hydrogen-bond donors (Lipinski definition) is 1. The molecule has 1 aromatic carbocycles. The SMILES string of the molecule is Cc1ccc(Br)c(NC(=O)c2cnccn2)c1. The molecule has 17 heavy (non-hydrogen) atoms. The van der Waals surface area contributed by atoms with Gasteiger partial charge in [-0.15, -0.1) is 0 Å². The molecular formula is C12H10BrN3O. The fourth-order valence-electron chi connectivity index (χ4n) is 1.34. The number of hydrogen-bond acceptors (Lipinski definition) is 3. The van der Waals surface area contributed by atoms with Crippen molar-refractivity contribution in [3.8, 4) is 0 Å². The van der Waals surface area contributed by atoms with Gasteiger partial charge < -0.3 is 5.32 Å². The zero-order valence-corrected chi connectivity index (χ0v) is 10.7. The zero-order chi connectivity index (χ0) is 12.3. The lowest BCUT2D eigenvalue weighted by Gasteiger charge is -2.07. The van der Waals surface area contributed by atoms with E-state index in [1.807, 2.05) is 25.1 Å². The van der Waals surface area contributed by atoms with E-state index < -0.39 is 0 Å². The van der Waals surface area contributed by atoms with E-state index in [2.05, 4.69) is 31.2 Å². The van der Waals surface area contributed by atoms with Gasteiger partial charge in [0, 0.05) is 16.9 Å². The van der Waals surface area contributed by atoms with E-state index in [0.29, 0.717) is 5.69 Å². The summed E-state index contributed by atoms with van der Waals surface area (Å²) in [5, 5.41) is 2.78. The Morgan fingerprint density at radius 3 is 2.88 bits per heavy atom. The summed E-state index contributed by atoms with van der Waals surface area (Å²) in [7, 11) is 0. The molecule has 0 saturated heterocycles. The maximum absolute atomic E-state index is 11.8. The highest BCUT2D eigenvalue weighted by Crippen LogP contribution is 2.23. The van der Waals surface area contributed by atoms with Crippen molar-refractivity contribution < 1.29 is 4.79 Å². The summed E-state index contributed by atoms with van der Waals surface area (Å²) in [6.45, 7) is 1.96. The Balaban J connectivity index is 2.22. The van der Waals surface area contributed by atoms with Crippen molar-refractivity contribution in [1.29, 1.82) is 0 Å². The molecule has 0 bridgehead atoms. The summed E-state index contributed by atoms with van der Waals surface area (Å²) in [6.07, 6.45) is 4.44. The maximum atomic E-state index is 11.8. The van der Waals surface area contributed by atoms with E-state index in [0.717, 1.165) is 15.7 Å². The molecule has 86 valence electrons. The highest BCUT2D eigenvalue weighted by atomic mass is 79.9. The van der Waals surface area contributed by atoms with Gasteiger partial charge in [-0.05, 0) is 40.5 Å². The van der Waals surface area contributed by atoms with E-state index >= 15 is 0 Å². The number of aryl methyl sites for hydroxylation is 1. The van der Waals surface area contributed by atoms with Crippen molar-refractivity contribution in [2.45, 2.75) is 6.92 Å². The summed E-state index contributed by atoms with van der Waals surface area (Å²) >= 11 is 3.38. The molecule has 0 saturated carbocycles. The van der Waals surface area contributed by atoms with Crippen molar-refractivity contribution >= 4 is 27.5 Å². The van der Waals surface area contributed by atoms with Gasteiger partial charge in [-0.25, -0.2) is 4.98 Å². The third-order valence-corrected chi connectivity index (χ3v) is 2.86. The highest BCUT2D eigenvalue weighted by Gasteiger charge is 2.09. The number of rotatable bonds is 2. The molecule has 0 spiro atoms. The van der Waals surface area contributed by atoms with Gasteiger partial charge in [-0.3, -0.25) is 9.78 Å². The highest BCUT2D eigenvalue weighted by molar-refractivity contribution is 9.10. The molecule has 0 radical (unpaired) electrons. The monoisotopic (exact) mass is 291 g/mol. The van der Waals surface area contributed by atoms with Gasteiger partial charge in [-0.1, -0.05) is 6.07 Å². The van der Waals surface area contributed by atoms with Gasteiger partial charge in [0.2, 0.25) is 0 Å². The van der Waals surface area contributed by atoms with Crippen LogP contribution in [0.5, 0.6) is 0 Å². The summed E-state index contributed by atoms with van der Waals surface area (Å²) in [4.78, 5) is 19.6. The number of amides is 1. The Bertz CT molecular complexity index is 543. The number of aromatic nitrogens is 2. The first-order valence-corrected chi connectivity index (χ1v) is 5.79. The number of anilines is 1. The van der Waals surface area contributed by atoms with Crippen LogP contribution < -0.4 is 5.32 Å². The van der Waals surface area contributed by atoms with Gasteiger partial charge in [-0.2, -0.15) is 0 Å². The number of carbonyl (C=O) groups excluding carboxylic acids is 1. The van der Waals surface area contributed by atoms with Crippen LogP contribution in [0.3, 0.4) is 0 Å². The third-order valence-electron chi connectivity index (χ3n) is 2.17. The van der Waals surface area contributed by atoms with Crippen molar-refractivity contribution in [2.75, 3.05) is 5.32 Å². The van der Waals surface area contributed by atoms with Crippen molar-refractivity contribution in [3.05, 3.63) is 52.5 Å². The van der Waals surface area contributed by atoms with E-state index in [-0.39, 0.29) is 5.91 Å². The average Bonchev–Trinajstić information content (AvgIpc) is 2.35. The first kappa shape index (κ1) is 11.7. The van der Waals surface area contributed by atoms with Gasteiger partial charge >= 0.3 is 0 Å². The van der Waals surface area contributed by atoms with Crippen molar-refractivity contribution in [3.63, 3.8) is 0 Å². The predicted octanol–water partition coefficient (Wildman–Crippen LogP) is 2.80. The Morgan fingerprint density at radius 2 is 2.18 bits per heavy atom. The summed E-state index contributed by atoms with van der Waals surface area (Å²) in [6, 6.07) is 5.74. The summed E-state index contributed by atoms with van der Waals surface area (Å²) < 4.78 is 0.834. The maximum Gasteiger partial charge on any atom is 0.275 e. The zero-order valence-electron chi connectivity index (χ0n) is 9.14. The van der Waals surface area contributed by atoms with Crippen molar-refractivity contribution in [2.24, 2.45) is 0 Å². The van der Waals surface area contributed by atoms with Crippen LogP contribution >= 0.6 is 15.9 Å². The van der Waals surface area contributed by atoms with Gasteiger partial charge in [0.1, 0.15) is 5.69 Å². The van der Waals surface area contributed by atoms with Crippen LogP contribution in [-0.4, -0.2) is 15.9 Å². The molecule has 5 heteroatoms. The minimum absolute atomic E-state index is 0.274. The number of nitrogens with zero attached hydrogens (tertiary/aromatic N) is 2. The standard InChI is InChI=1S/C12H10BrN3O/c1-8-2-3-9(13)10(6-8)16-12(17)11-7-14-4-5-15-11/h2-7H,1H3,(H,16,17). The van der Waals surface area contributed by atoms with Crippen LogP contribution in [0.2, 0.25) is 0 Å². The predicted molar refractivity (Wildman–Crippen MR) is 68.9 cm³/mol. The molecule has 1 amide bonds.